The van der Waals surface area contributed by atoms with Crippen LogP contribution in [-0.2, 0) is 0 Å². The first kappa shape index (κ1) is 17.8. The van der Waals surface area contributed by atoms with Crippen LogP contribution < -0.4 is 10.2 Å². The third-order valence-electron chi connectivity index (χ3n) is 3.63. The molecule has 1 heterocycles. The zero-order valence-electron chi connectivity index (χ0n) is 14.2. The van der Waals surface area contributed by atoms with E-state index in [-0.39, 0.29) is 5.91 Å². The Hall–Kier alpha value is -2.56. The van der Waals surface area contributed by atoms with Crippen molar-refractivity contribution in [2.45, 2.75) is 39.5 Å². The molecule has 0 bridgehead atoms. The van der Waals surface area contributed by atoms with Crippen molar-refractivity contribution in [2.24, 2.45) is 5.10 Å². The van der Waals surface area contributed by atoms with Crippen LogP contribution in [0.3, 0.4) is 0 Å². The van der Waals surface area contributed by atoms with Crippen LogP contribution in [0, 0.1) is 6.92 Å². The Morgan fingerprint density at radius 2 is 2.00 bits per heavy atom. The highest BCUT2D eigenvalue weighted by molar-refractivity contribution is 5.95. The third kappa shape index (κ3) is 5.57. The second-order valence-electron chi connectivity index (χ2n) is 5.57. The maximum atomic E-state index is 11.9. The van der Waals surface area contributed by atoms with Crippen molar-refractivity contribution < 1.29 is 13.9 Å². The third-order valence-corrected chi connectivity index (χ3v) is 3.63. The molecular weight excluding hydrogens is 304 g/mol. The van der Waals surface area contributed by atoms with Crippen LogP contribution in [0.1, 0.15) is 54.3 Å². The molecule has 128 valence electrons. The molecule has 5 nitrogen and oxygen atoms in total. The van der Waals surface area contributed by atoms with Gasteiger partial charge in [-0.05, 0) is 49.2 Å². The van der Waals surface area contributed by atoms with Crippen LogP contribution in [0.2, 0.25) is 0 Å². The summed E-state index contributed by atoms with van der Waals surface area (Å²) in [5.41, 5.74) is 3.85. The van der Waals surface area contributed by atoms with Gasteiger partial charge < -0.3 is 9.15 Å². The molecule has 0 fully saturated rings. The maximum absolute atomic E-state index is 11.9. The summed E-state index contributed by atoms with van der Waals surface area (Å²) in [6.45, 7) is 4.67. The molecule has 0 spiro atoms. The van der Waals surface area contributed by atoms with Gasteiger partial charge in [0.15, 0.2) is 0 Å². The first-order chi connectivity index (χ1) is 11.7. The minimum atomic E-state index is -0.287. The van der Waals surface area contributed by atoms with E-state index in [2.05, 4.69) is 17.5 Å². The fraction of sp³-hybridized carbons (Fsp3) is 0.368. The number of rotatable bonds is 9. The Morgan fingerprint density at radius 3 is 2.67 bits per heavy atom. The second kappa shape index (κ2) is 9.55. The number of carbonyl (C=O) groups excluding carboxylic acids is 1. The van der Waals surface area contributed by atoms with E-state index in [4.69, 9.17) is 9.15 Å². The summed E-state index contributed by atoms with van der Waals surface area (Å²) in [7, 11) is 0. The van der Waals surface area contributed by atoms with Crippen molar-refractivity contribution in [3.63, 3.8) is 0 Å². The van der Waals surface area contributed by atoms with Crippen molar-refractivity contribution in [1.82, 2.24) is 5.43 Å². The molecule has 1 aromatic carbocycles. The maximum Gasteiger partial charge on any atom is 0.274 e. The van der Waals surface area contributed by atoms with Gasteiger partial charge >= 0.3 is 0 Å². The fourth-order valence-electron chi connectivity index (χ4n) is 2.22. The van der Waals surface area contributed by atoms with E-state index in [9.17, 15) is 4.79 Å². The van der Waals surface area contributed by atoms with Gasteiger partial charge in [-0.25, -0.2) is 5.43 Å². The topological polar surface area (TPSA) is 63.8 Å². The minimum absolute atomic E-state index is 0.287. The van der Waals surface area contributed by atoms with Crippen LogP contribution in [0.15, 0.2) is 46.1 Å². The largest absolute Gasteiger partial charge is 0.494 e. The molecule has 2 aromatic rings. The molecule has 1 amide bonds. The Morgan fingerprint density at radius 1 is 1.21 bits per heavy atom. The van der Waals surface area contributed by atoms with Gasteiger partial charge in [-0.1, -0.05) is 26.2 Å². The highest BCUT2D eigenvalue weighted by atomic mass is 16.5. The van der Waals surface area contributed by atoms with Crippen LogP contribution in [0.5, 0.6) is 5.75 Å². The standard InChI is InChI=1S/C19H24N2O3/c1-3-4-5-6-12-24-17-9-7-16(8-10-17)14-20-21-19(22)18-11-13-23-15(18)2/h7-11,13-14H,3-6,12H2,1-2H3,(H,21,22)/b20-14-. The average molecular weight is 328 g/mol. The summed E-state index contributed by atoms with van der Waals surface area (Å²) < 4.78 is 10.8. The van der Waals surface area contributed by atoms with Crippen LogP contribution >= 0.6 is 0 Å². The number of unbranched alkanes of at least 4 members (excludes halogenated alkanes) is 3. The normalized spacial score (nSPS) is 10.9. The van der Waals surface area contributed by atoms with E-state index in [1.165, 1.54) is 25.5 Å². The molecule has 0 radical (unpaired) electrons. The highest BCUT2D eigenvalue weighted by Gasteiger charge is 2.09. The number of benzene rings is 1. The number of hydrogen-bond donors (Lipinski definition) is 1. The van der Waals surface area contributed by atoms with E-state index in [1.54, 1.807) is 19.2 Å². The lowest BCUT2D eigenvalue weighted by Crippen LogP contribution is -2.17. The zero-order valence-corrected chi connectivity index (χ0v) is 14.2. The SMILES string of the molecule is CCCCCCOc1ccc(/C=N\NC(=O)c2ccoc2C)cc1. The lowest BCUT2D eigenvalue weighted by atomic mass is 10.2. The quantitative estimate of drug-likeness (QED) is 0.424. The number of amides is 1. The van der Waals surface area contributed by atoms with Gasteiger partial charge in [0.25, 0.3) is 5.91 Å². The Balaban J connectivity index is 1.77. The number of carbonyl (C=O) groups is 1. The van der Waals surface area contributed by atoms with Gasteiger partial charge in [-0.15, -0.1) is 0 Å². The first-order valence-corrected chi connectivity index (χ1v) is 8.31. The molecule has 0 aliphatic heterocycles. The van der Waals surface area contributed by atoms with E-state index in [0.29, 0.717) is 11.3 Å². The number of nitrogens with zero attached hydrogens (tertiary/aromatic N) is 1. The smallest absolute Gasteiger partial charge is 0.274 e. The minimum Gasteiger partial charge on any atom is -0.494 e. The number of furan rings is 1. The summed E-state index contributed by atoms with van der Waals surface area (Å²) >= 11 is 0. The van der Waals surface area contributed by atoms with Crippen LogP contribution in [-0.4, -0.2) is 18.7 Å². The van der Waals surface area contributed by atoms with E-state index < -0.39 is 0 Å². The predicted octanol–water partition coefficient (Wildman–Crippen LogP) is 4.31. The molecule has 0 saturated heterocycles. The first-order valence-electron chi connectivity index (χ1n) is 8.31. The molecule has 0 aliphatic rings. The summed E-state index contributed by atoms with van der Waals surface area (Å²) in [5.74, 6) is 1.13. The zero-order chi connectivity index (χ0) is 17.2. The Bertz CT molecular complexity index is 660. The van der Waals surface area contributed by atoms with Crippen LogP contribution in [0.25, 0.3) is 0 Å². The molecule has 0 saturated carbocycles. The fourth-order valence-corrected chi connectivity index (χ4v) is 2.22. The van der Waals surface area contributed by atoms with Crippen molar-refractivity contribution in [1.29, 1.82) is 0 Å². The molecule has 5 heteroatoms. The van der Waals surface area contributed by atoms with Gasteiger partial charge in [0.05, 0.1) is 24.6 Å². The van der Waals surface area contributed by atoms with Crippen molar-refractivity contribution in [3.8, 4) is 5.75 Å². The summed E-state index contributed by atoms with van der Waals surface area (Å²) in [6.07, 6.45) is 7.84. The van der Waals surface area contributed by atoms with Crippen molar-refractivity contribution in [2.75, 3.05) is 6.61 Å². The molecule has 0 unspecified atom stereocenters. The van der Waals surface area contributed by atoms with E-state index in [0.717, 1.165) is 24.3 Å². The monoisotopic (exact) mass is 328 g/mol. The van der Waals surface area contributed by atoms with Gasteiger partial charge in [0.1, 0.15) is 11.5 Å². The molecule has 1 N–H and O–H groups in total. The molecule has 24 heavy (non-hydrogen) atoms. The Labute approximate surface area is 142 Å². The molecule has 0 aliphatic carbocycles. The van der Waals surface area contributed by atoms with Gasteiger partial charge in [0, 0.05) is 0 Å². The molecular formula is C19H24N2O3. The second-order valence-corrected chi connectivity index (χ2v) is 5.57. The number of nitrogens with one attached hydrogen (secondary N) is 1. The number of ether oxygens (including phenoxy) is 1. The van der Waals surface area contributed by atoms with Crippen molar-refractivity contribution in [3.05, 3.63) is 53.5 Å². The number of hydrogen-bond acceptors (Lipinski definition) is 4. The molecule has 2 rings (SSSR count). The van der Waals surface area contributed by atoms with Crippen molar-refractivity contribution >= 4 is 12.1 Å². The van der Waals surface area contributed by atoms with Crippen LogP contribution in [0.4, 0.5) is 0 Å². The highest BCUT2D eigenvalue weighted by Crippen LogP contribution is 2.12. The lowest BCUT2D eigenvalue weighted by Gasteiger charge is -2.05. The van der Waals surface area contributed by atoms with E-state index in [1.807, 2.05) is 24.3 Å². The Kier molecular flexibility index (Phi) is 7.08. The molecule has 0 atom stereocenters. The summed E-state index contributed by atoms with van der Waals surface area (Å²) in [6, 6.07) is 9.24. The average Bonchev–Trinajstić information content (AvgIpc) is 3.02. The summed E-state index contributed by atoms with van der Waals surface area (Å²) in [4.78, 5) is 11.9. The number of aryl methyl sites for hydroxylation is 1. The predicted molar refractivity (Wildman–Crippen MR) is 94.6 cm³/mol. The summed E-state index contributed by atoms with van der Waals surface area (Å²) in [5, 5.41) is 3.96. The number of hydrazone groups is 1. The van der Waals surface area contributed by atoms with Gasteiger partial charge in [-0.3, -0.25) is 4.79 Å². The van der Waals surface area contributed by atoms with Gasteiger partial charge in [-0.2, -0.15) is 5.10 Å². The molecule has 1 aromatic heterocycles. The van der Waals surface area contributed by atoms with E-state index >= 15 is 0 Å². The van der Waals surface area contributed by atoms with Gasteiger partial charge in [0.2, 0.25) is 0 Å². The lowest BCUT2D eigenvalue weighted by molar-refractivity contribution is 0.0953.